The average Bonchev–Trinajstić information content (AvgIpc) is 3.30. The number of aromatic nitrogens is 2. The zero-order valence-electron chi connectivity index (χ0n) is 18.0. The van der Waals surface area contributed by atoms with Crippen LogP contribution >= 0.6 is 11.6 Å². The van der Waals surface area contributed by atoms with Crippen LogP contribution in [0.2, 0.25) is 5.02 Å². The van der Waals surface area contributed by atoms with Gasteiger partial charge in [0.25, 0.3) is 0 Å². The van der Waals surface area contributed by atoms with Gasteiger partial charge in [-0.25, -0.2) is 4.98 Å². The quantitative estimate of drug-likeness (QED) is 0.714. The van der Waals surface area contributed by atoms with Gasteiger partial charge in [0.1, 0.15) is 10.7 Å². The van der Waals surface area contributed by atoms with Crippen molar-refractivity contribution in [2.24, 2.45) is 5.41 Å². The van der Waals surface area contributed by atoms with Crippen molar-refractivity contribution in [3.05, 3.63) is 40.0 Å². The van der Waals surface area contributed by atoms with Crippen molar-refractivity contribution in [2.75, 3.05) is 35.7 Å². The SMILES string of the molecule is O=S1CC2(CC2)c2nc(N3CC4(Cc5ccc(Cl)cc5C4)C3)nc(NC3(CO)CCC3)c21. The number of nitrogens with one attached hydrogen (secondary N) is 1. The molecule has 32 heavy (non-hydrogen) atoms. The summed E-state index contributed by atoms with van der Waals surface area (Å²) in [5.41, 5.74) is 3.68. The number of nitrogens with zero attached hydrogens (tertiary/aromatic N) is 3. The van der Waals surface area contributed by atoms with Crippen LogP contribution in [0.4, 0.5) is 11.8 Å². The Bertz CT molecular complexity index is 1170. The van der Waals surface area contributed by atoms with Gasteiger partial charge in [0.15, 0.2) is 0 Å². The lowest BCUT2D eigenvalue weighted by atomic mass is 9.77. The fourth-order valence-corrected chi connectivity index (χ4v) is 8.33. The Morgan fingerprint density at radius 2 is 1.91 bits per heavy atom. The van der Waals surface area contributed by atoms with Gasteiger partial charge >= 0.3 is 0 Å². The third-order valence-electron chi connectivity index (χ3n) is 8.48. The Morgan fingerprint density at radius 3 is 2.59 bits per heavy atom. The largest absolute Gasteiger partial charge is 0.394 e. The molecule has 0 radical (unpaired) electrons. The molecule has 1 aromatic heterocycles. The molecule has 1 aromatic carbocycles. The second kappa shape index (κ2) is 6.45. The highest BCUT2D eigenvalue weighted by atomic mass is 35.5. The lowest BCUT2D eigenvalue weighted by Gasteiger charge is -2.48. The van der Waals surface area contributed by atoms with Crippen LogP contribution in [0.3, 0.4) is 0 Å². The summed E-state index contributed by atoms with van der Waals surface area (Å²) < 4.78 is 13.0. The normalized spacial score (nSPS) is 27.1. The number of aliphatic hydroxyl groups excluding tert-OH is 1. The maximum Gasteiger partial charge on any atom is 0.227 e. The molecule has 8 heteroatoms. The molecule has 0 amide bonds. The molecular weight excluding hydrogens is 444 g/mol. The summed E-state index contributed by atoms with van der Waals surface area (Å²) in [6.07, 6.45) is 7.19. The first-order valence-corrected chi connectivity index (χ1v) is 13.3. The Balaban J connectivity index is 1.21. The summed E-state index contributed by atoms with van der Waals surface area (Å²) in [5, 5.41) is 14.3. The summed E-state index contributed by atoms with van der Waals surface area (Å²) in [6.45, 7) is 1.93. The van der Waals surface area contributed by atoms with E-state index in [0.717, 1.165) is 79.6 Å². The monoisotopic (exact) mass is 470 g/mol. The summed E-state index contributed by atoms with van der Waals surface area (Å²) in [5.74, 6) is 2.12. The lowest BCUT2D eigenvalue weighted by Crippen LogP contribution is -2.58. The molecular formula is C24H27ClN4O2S. The Kier molecular flexibility index (Phi) is 3.98. The van der Waals surface area contributed by atoms with Crippen LogP contribution in [0.1, 0.15) is 48.9 Å². The molecule has 7 rings (SSSR count). The number of hydrogen-bond acceptors (Lipinski definition) is 6. The molecule has 1 saturated heterocycles. The lowest BCUT2D eigenvalue weighted by molar-refractivity contribution is 0.143. The van der Waals surface area contributed by atoms with E-state index in [-0.39, 0.29) is 23.0 Å². The maximum atomic E-state index is 13.0. The van der Waals surface area contributed by atoms with Crippen molar-refractivity contribution in [1.29, 1.82) is 0 Å². The Morgan fingerprint density at radius 1 is 1.12 bits per heavy atom. The molecule has 3 aliphatic carbocycles. The number of rotatable bonds is 4. The molecule has 3 heterocycles. The summed E-state index contributed by atoms with van der Waals surface area (Å²) in [7, 11) is -1.07. The van der Waals surface area contributed by atoms with Gasteiger partial charge in [-0.1, -0.05) is 17.7 Å². The molecule has 6 nitrogen and oxygen atoms in total. The fourth-order valence-electron chi connectivity index (χ4n) is 6.27. The van der Waals surface area contributed by atoms with Gasteiger partial charge in [-0.05, 0) is 68.2 Å². The van der Waals surface area contributed by atoms with Crippen molar-refractivity contribution in [2.45, 2.75) is 60.8 Å². The second-order valence-corrected chi connectivity index (χ2v) is 12.7. The number of benzene rings is 1. The van der Waals surface area contributed by atoms with Gasteiger partial charge in [-0.3, -0.25) is 4.21 Å². The highest BCUT2D eigenvalue weighted by molar-refractivity contribution is 7.85. The van der Waals surface area contributed by atoms with E-state index in [9.17, 15) is 9.32 Å². The minimum absolute atomic E-state index is 0.0107. The van der Waals surface area contributed by atoms with Gasteiger partial charge in [0, 0.05) is 34.7 Å². The van der Waals surface area contributed by atoms with Gasteiger partial charge in [-0.15, -0.1) is 0 Å². The number of anilines is 2. The summed E-state index contributed by atoms with van der Waals surface area (Å²) in [6, 6.07) is 6.27. The number of fused-ring (bicyclic) bond motifs is 3. The molecule has 1 unspecified atom stereocenters. The molecule has 0 bridgehead atoms. The van der Waals surface area contributed by atoms with Crippen molar-refractivity contribution in [3.8, 4) is 0 Å². The minimum Gasteiger partial charge on any atom is -0.394 e. The van der Waals surface area contributed by atoms with Crippen molar-refractivity contribution in [1.82, 2.24) is 9.97 Å². The van der Waals surface area contributed by atoms with E-state index in [4.69, 9.17) is 21.6 Å². The van der Waals surface area contributed by atoms with Gasteiger partial charge in [0.05, 0.1) is 28.6 Å². The fraction of sp³-hybridized carbons (Fsp3) is 0.583. The highest BCUT2D eigenvalue weighted by Crippen LogP contribution is 2.56. The smallest absolute Gasteiger partial charge is 0.227 e. The van der Waals surface area contributed by atoms with Crippen molar-refractivity contribution < 1.29 is 9.32 Å². The van der Waals surface area contributed by atoms with Gasteiger partial charge in [0.2, 0.25) is 5.95 Å². The van der Waals surface area contributed by atoms with Gasteiger partial charge in [-0.2, -0.15) is 4.98 Å². The van der Waals surface area contributed by atoms with E-state index >= 15 is 0 Å². The van der Waals surface area contributed by atoms with E-state index in [2.05, 4.69) is 22.3 Å². The van der Waals surface area contributed by atoms with Gasteiger partial charge < -0.3 is 15.3 Å². The first-order chi connectivity index (χ1) is 15.4. The number of halogens is 1. The standard InChI is InChI=1S/C24H27ClN4O2S/c25-17-3-2-15-9-22(10-16(15)8-17)11-29(12-22)21-26-19-18(32(31)14-23(19)6-7-23)20(27-21)28-24(13-30)4-1-5-24/h2-3,8,30H,1,4-7,9-14H2,(H,26,27,28). The third kappa shape index (κ3) is 2.77. The highest BCUT2D eigenvalue weighted by Gasteiger charge is 2.56. The second-order valence-electron chi connectivity index (χ2n) is 10.9. The predicted molar refractivity (Wildman–Crippen MR) is 125 cm³/mol. The molecule has 2 saturated carbocycles. The minimum atomic E-state index is -1.07. The predicted octanol–water partition coefficient (Wildman–Crippen LogP) is 3.21. The number of hydrogen-bond donors (Lipinski definition) is 2. The zero-order chi connectivity index (χ0) is 21.7. The van der Waals surface area contributed by atoms with Crippen LogP contribution in [0.15, 0.2) is 23.1 Å². The molecule has 2 aromatic rings. The molecule has 168 valence electrons. The van der Waals surface area contributed by atoms with Crippen LogP contribution in [0, 0.1) is 5.41 Å². The molecule has 2 N–H and O–H groups in total. The van der Waals surface area contributed by atoms with Crippen molar-refractivity contribution >= 4 is 34.2 Å². The molecule has 2 spiro atoms. The molecule has 5 aliphatic rings. The first-order valence-electron chi connectivity index (χ1n) is 11.6. The van der Waals surface area contributed by atoms with E-state index in [1.807, 2.05) is 6.07 Å². The number of aliphatic hydroxyl groups is 1. The van der Waals surface area contributed by atoms with Crippen molar-refractivity contribution in [3.63, 3.8) is 0 Å². The van der Waals surface area contributed by atoms with Crippen LogP contribution in [-0.4, -0.2) is 50.3 Å². The van der Waals surface area contributed by atoms with E-state index in [0.29, 0.717) is 11.6 Å². The van der Waals surface area contributed by atoms with Crippen LogP contribution in [0.5, 0.6) is 0 Å². The zero-order valence-corrected chi connectivity index (χ0v) is 19.6. The Labute approximate surface area is 195 Å². The average molecular weight is 471 g/mol. The Hall–Kier alpha value is -1.70. The molecule has 2 aliphatic heterocycles. The summed E-state index contributed by atoms with van der Waals surface area (Å²) in [4.78, 5) is 13.0. The van der Waals surface area contributed by atoms with E-state index in [1.165, 1.54) is 11.1 Å². The van der Waals surface area contributed by atoms with E-state index < -0.39 is 10.8 Å². The van der Waals surface area contributed by atoms with E-state index in [1.54, 1.807) is 0 Å². The third-order valence-corrected chi connectivity index (χ3v) is 10.4. The topological polar surface area (TPSA) is 78.4 Å². The molecule has 3 fully saturated rings. The summed E-state index contributed by atoms with van der Waals surface area (Å²) >= 11 is 6.22. The maximum absolute atomic E-state index is 13.0. The van der Waals surface area contributed by atoms with Crippen LogP contribution < -0.4 is 10.2 Å². The first kappa shape index (κ1) is 19.7. The van der Waals surface area contributed by atoms with Crippen LogP contribution in [0.25, 0.3) is 0 Å². The van der Waals surface area contributed by atoms with Crippen LogP contribution in [-0.2, 0) is 29.1 Å². The molecule has 1 atom stereocenters.